The van der Waals surface area contributed by atoms with Crippen LogP contribution in [0, 0.1) is 0 Å². The van der Waals surface area contributed by atoms with Crippen LogP contribution in [0.15, 0.2) is 40.7 Å². The van der Waals surface area contributed by atoms with Gasteiger partial charge in [0.25, 0.3) is 5.91 Å². The number of halogens is 2. The van der Waals surface area contributed by atoms with E-state index in [1.54, 1.807) is 0 Å². The lowest BCUT2D eigenvalue weighted by molar-refractivity contribution is -0.140. The number of nitrogens with zero attached hydrogens (tertiary/aromatic N) is 1. The van der Waals surface area contributed by atoms with Gasteiger partial charge in [-0.15, -0.1) is 0 Å². The molecule has 1 amide bonds. The summed E-state index contributed by atoms with van der Waals surface area (Å²) in [6.07, 6.45) is -2.61. The predicted octanol–water partition coefficient (Wildman–Crippen LogP) is 0.0990. The van der Waals surface area contributed by atoms with Crippen molar-refractivity contribution in [2.24, 2.45) is 16.5 Å². The van der Waals surface area contributed by atoms with Crippen molar-refractivity contribution in [3.8, 4) is 0 Å². The maximum Gasteiger partial charge on any atom is 0.326 e. The molecule has 0 aromatic heterocycles. The summed E-state index contributed by atoms with van der Waals surface area (Å²) in [4.78, 5) is 37.7. The number of rotatable bonds is 11. The Balaban J connectivity index is 1.93. The lowest BCUT2D eigenvalue weighted by atomic mass is 9.99. The van der Waals surface area contributed by atoms with Crippen LogP contribution in [-0.4, -0.2) is 57.3 Å². The summed E-state index contributed by atoms with van der Waals surface area (Å²) in [6, 6.07) is 4.32. The Kier molecular flexibility index (Phi) is 8.29. The van der Waals surface area contributed by atoms with Crippen LogP contribution in [0.5, 0.6) is 0 Å². The number of amides is 1. The Bertz CT molecular complexity index is 964. The highest BCUT2D eigenvalue weighted by Gasteiger charge is 2.37. The summed E-state index contributed by atoms with van der Waals surface area (Å²) in [7, 11) is 0. The smallest absolute Gasteiger partial charge is 0.326 e. The topological polar surface area (TPSA) is 200 Å². The van der Waals surface area contributed by atoms with Crippen LogP contribution < -0.4 is 22.1 Å². The molecule has 3 atom stereocenters. The number of aliphatic carboxylic acids is 2. The molecular formula is C20H25F2N5O6. The minimum atomic E-state index is -3.02. The number of carbonyl (C=O) groups excluding carboxylic acids is 1. The molecule has 1 aliphatic rings. The van der Waals surface area contributed by atoms with Gasteiger partial charge < -0.3 is 32.1 Å². The zero-order valence-corrected chi connectivity index (χ0v) is 17.4. The molecule has 180 valence electrons. The fraction of sp³-hybridized carbons (Fsp3) is 0.400. The van der Waals surface area contributed by atoms with E-state index in [1.165, 1.54) is 24.3 Å². The fourth-order valence-corrected chi connectivity index (χ4v) is 3.15. The SMILES string of the molecule is NC1=NC(N)=C(CCC(F)Cc2ccc(C(=O)N[C@@H](CCC(=O)O)C(=O)O)cc2)C(O)(F)N1. The fourth-order valence-electron chi connectivity index (χ4n) is 3.15. The lowest BCUT2D eigenvalue weighted by Crippen LogP contribution is -2.52. The molecule has 0 saturated heterocycles. The Hall–Kier alpha value is -3.74. The molecular weight excluding hydrogens is 444 g/mol. The average Bonchev–Trinajstić information content (AvgIpc) is 2.69. The van der Waals surface area contributed by atoms with E-state index in [4.69, 9.17) is 21.7 Å². The molecule has 2 rings (SSSR count). The molecule has 0 saturated carbocycles. The van der Waals surface area contributed by atoms with Crippen molar-refractivity contribution in [2.75, 3.05) is 0 Å². The van der Waals surface area contributed by atoms with Crippen molar-refractivity contribution < 1.29 is 38.5 Å². The highest BCUT2D eigenvalue weighted by molar-refractivity contribution is 5.96. The van der Waals surface area contributed by atoms with E-state index in [-0.39, 0.29) is 42.6 Å². The number of nitrogens with one attached hydrogen (secondary N) is 2. The van der Waals surface area contributed by atoms with Gasteiger partial charge in [0.2, 0.25) is 0 Å². The van der Waals surface area contributed by atoms with Crippen LogP contribution in [-0.2, 0) is 16.0 Å². The summed E-state index contributed by atoms with van der Waals surface area (Å²) in [5, 5.41) is 31.7. The van der Waals surface area contributed by atoms with E-state index in [1.807, 2.05) is 5.32 Å². The van der Waals surface area contributed by atoms with Crippen LogP contribution >= 0.6 is 0 Å². The Morgan fingerprint density at radius 3 is 2.33 bits per heavy atom. The van der Waals surface area contributed by atoms with E-state index in [0.717, 1.165) is 0 Å². The number of carbonyl (C=O) groups is 3. The number of carboxylic acids is 2. The average molecular weight is 469 g/mol. The number of hydrogen-bond acceptors (Lipinski definition) is 8. The second kappa shape index (κ2) is 10.7. The number of alkyl halides is 2. The van der Waals surface area contributed by atoms with Gasteiger partial charge in [0.1, 0.15) is 18.0 Å². The van der Waals surface area contributed by atoms with E-state index in [9.17, 15) is 28.3 Å². The Morgan fingerprint density at radius 2 is 1.79 bits per heavy atom. The maximum atomic E-state index is 14.4. The molecule has 1 aromatic rings. The van der Waals surface area contributed by atoms with Crippen LogP contribution in [0.25, 0.3) is 0 Å². The van der Waals surface area contributed by atoms with Gasteiger partial charge in [-0.3, -0.25) is 14.9 Å². The molecule has 0 aliphatic carbocycles. The normalized spacial score (nSPS) is 19.8. The van der Waals surface area contributed by atoms with Crippen molar-refractivity contribution in [2.45, 2.75) is 50.3 Å². The third-order valence-corrected chi connectivity index (χ3v) is 4.87. The number of hydrogen-bond donors (Lipinski definition) is 7. The number of benzene rings is 1. The summed E-state index contributed by atoms with van der Waals surface area (Å²) >= 11 is 0. The van der Waals surface area contributed by atoms with Crippen LogP contribution in [0.1, 0.15) is 41.6 Å². The van der Waals surface area contributed by atoms with E-state index >= 15 is 0 Å². The van der Waals surface area contributed by atoms with Crippen molar-refractivity contribution in [1.82, 2.24) is 10.6 Å². The van der Waals surface area contributed by atoms with Crippen molar-refractivity contribution >= 4 is 23.8 Å². The van der Waals surface area contributed by atoms with Gasteiger partial charge in [0, 0.05) is 18.4 Å². The monoisotopic (exact) mass is 469 g/mol. The van der Waals surface area contributed by atoms with E-state index < -0.39 is 48.4 Å². The largest absolute Gasteiger partial charge is 0.481 e. The first-order chi connectivity index (χ1) is 15.4. The second-order valence-electron chi connectivity index (χ2n) is 7.44. The maximum absolute atomic E-state index is 14.4. The molecule has 2 unspecified atom stereocenters. The lowest BCUT2D eigenvalue weighted by Gasteiger charge is -2.28. The second-order valence-corrected chi connectivity index (χ2v) is 7.44. The molecule has 0 fully saturated rings. The van der Waals surface area contributed by atoms with Gasteiger partial charge in [-0.2, -0.15) is 9.38 Å². The minimum Gasteiger partial charge on any atom is -0.481 e. The van der Waals surface area contributed by atoms with Crippen LogP contribution in [0.2, 0.25) is 0 Å². The first kappa shape index (κ1) is 25.5. The number of aliphatic imine (C=N–C) groups is 1. The number of nitrogens with two attached hydrogens (primary N) is 2. The molecule has 9 N–H and O–H groups in total. The molecule has 1 aliphatic heterocycles. The first-order valence-corrected chi connectivity index (χ1v) is 9.90. The first-order valence-electron chi connectivity index (χ1n) is 9.90. The van der Waals surface area contributed by atoms with Crippen molar-refractivity contribution in [3.63, 3.8) is 0 Å². The number of aliphatic hydroxyl groups is 1. The molecule has 0 bridgehead atoms. The quantitative estimate of drug-likeness (QED) is 0.219. The minimum absolute atomic E-state index is 0.0744. The zero-order chi connectivity index (χ0) is 24.8. The molecule has 0 radical (unpaired) electrons. The van der Waals surface area contributed by atoms with E-state index in [2.05, 4.69) is 10.3 Å². The van der Waals surface area contributed by atoms with Gasteiger partial charge in [-0.05, 0) is 37.0 Å². The number of carboxylic acid groups (broad SMARTS) is 2. The third-order valence-electron chi connectivity index (χ3n) is 4.87. The summed E-state index contributed by atoms with van der Waals surface area (Å²) in [5.41, 5.74) is 11.1. The Labute approximate surface area is 187 Å². The van der Waals surface area contributed by atoms with Crippen molar-refractivity contribution in [1.29, 1.82) is 0 Å². The van der Waals surface area contributed by atoms with Gasteiger partial charge in [-0.1, -0.05) is 12.1 Å². The van der Waals surface area contributed by atoms with E-state index in [0.29, 0.717) is 5.56 Å². The molecule has 1 aromatic carbocycles. The zero-order valence-electron chi connectivity index (χ0n) is 17.4. The Morgan fingerprint density at radius 1 is 1.15 bits per heavy atom. The third kappa shape index (κ3) is 7.42. The molecule has 1 heterocycles. The van der Waals surface area contributed by atoms with Gasteiger partial charge in [0.05, 0.1) is 5.57 Å². The van der Waals surface area contributed by atoms with Crippen LogP contribution in [0.4, 0.5) is 8.78 Å². The summed E-state index contributed by atoms with van der Waals surface area (Å²) in [5.74, 6) is -7.03. The van der Waals surface area contributed by atoms with Crippen molar-refractivity contribution in [3.05, 3.63) is 46.8 Å². The predicted molar refractivity (Wildman–Crippen MR) is 112 cm³/mol. The molecule has 11 nitrogen and oxygen atoms in total. The molecule has 13 heteroatoms. The van der Waals surface area contributed by atoms with Crippen LogP contribution in [0.3, 0.4) is 0 Å². The number of guanidine groups is 1. The molecule has 0 spiro atoms. The summed E-state index contributed by atoms with van der Waals surface area (Å²) in [6.45, 7) is 0. The summed E-state index contributed by atoms with van der Waals surface area (Å²) < 4.78 is 28.6. The highest BCUT2D eigenvalue weighted by Crippen LogP contribution is 2.27. The van der Waals surface area contributed by atoms with Gasteiger partial charge >= 0.3 is 17.9 Å². The highest BCUT2D eigenvalue weighted by atomic mass is 19.2. The molecule has 33 heavy (non-hydrogen) atoms. The standard InChI is InChI=1S/C20H25F2N5O6/c21-12(5-6-13-16(23)26-19(24)27-20(13,22)33)9-10-1-3-11(4-2-10)17(30)25-14(18(31)32)7-8-15(28)29/h1-4,12,14,33H,5-9,23H2,(H,25,30)(H,28,29)(H,31,32)(H3,24,26,27)/t12?,14-,20?/m0/s1. The van der Waals surface area contributed by atoms with Gasteiger partial charge in [0.15, 0.2) is 5.96 Å². The van der Waals surface area contributed by atoms with Gasteiger partial charge in [-0.25, -0.2) is 9.18 Å².